The lowest BCUT2D eigenvalue weighted by Crippen LogP contribution is -2.04. The van der Waals surface area contributed by atoms with E-state index in [1.165, 1.54) is 10.4 Å². The highest BCUT2D eigenvalue weighted by molar-refractivity contribution is 7.10. The number of fused-ring (bicyclic) bond motifs is 1. The fourth-order valence-corrected chi connectivity index (χ4v) is 2.98. The second kappa shape index (κ2) is 4.97. The summed E-state index contributed by atoms with van der Waals surface area (Å²) in [5.74, 6) is 1.64. The molecular weight excluding hydrogens is 258 g/mol. The van der Waals surface area contributed by atoms with Gasteiger partial charge in [-0.2, -0.15) is 0 Å². The summed E-state index contributed by atoms with van der Waals surface area (Å²) < 4.78 is 1.94. The van der Waals surface area contributed by atoms with E-state index in [1.807, 2.05) is 17.5 Å². The van der Waals surface area contributed by atoms with E-state index in [2.05, 4.69) is 38.9 Å². The Balaban J connectivity index is 1.86. The van der Waals surface area contributed by atoms with Gasteiger partial charge in [0.25, 0.3) is 0 Å². The molecule has 5 nitrogen and oxygen atoms in total. The number of aromatic nitrogens is 4. The average Bonchev–Trinajstić information content (AvgIpc) is 3.03. The molecule has 0 saturated heterocycles. The standard InChI is InChI=1S/C13H15N5S/c1-3-10-4-7-19-11(10)8-15-12-13-17-16-9(2)18(13)6-5-14-12/h4-7H,3,8H2,1-2H3,(H,14,15). The SMILES string of the molecule is CCc1ccsc1CNc1nccn2c(C)nnc12. The molecule has 98 valence electrons. The van der Waals surface area contributed by atoms with Crippen molar-refractivity contribution < 1.29 is 0 Å². The number of thiophene rings is 1. The molecule has 0 unspecified atom stereocenters. The zero-order valence-electron chi connectivity index (χ0n) is 10.9. The summed E-state index contributed by atoms with van der Waals surface area (Å²) in [5, 5.41) is 13.7. The number of nitrogens with one attached hydrogen (secondary N) is 1. The van der Waals surface area contributed by atoms with Crippen LogP contribution in [-0.2, 0) is 13.0 Å². The van der Waals surface area contributed by atoms with E-state index in [9.17, 15) is 0 Å². The van der Waals surface area contributed by atoms with E-state index in [0.29, 0.717) is 0 Å². The van der Waals surface area contributed by atoms with Gasteiger partial charge in [0.15, 0.2) is 5.82 Å². The fraction of sp³-hybridized carbons (Fsp3) is 0.308. The van der Waals surface area contributed by atoms with Crippen LogP contribution in [0.15, 0.2) is 23.8 Å². The Morgan fingerprint density at radius 2 is 2.26 bits per heavy atom. The van der Waals surface area contributed by atoms with E-state index in [4.69, 9.17) is 0 Å². The van der Waals surface area contributed by atoms with E-state index < -0.39 is 0 Å². The van der Waals surface area contributed by atoms with Crippen LogP contribution < -0.4 is 5.32 Å². The third-order valence-electron chi connectivity index (χ3n) is 3.13. The van der Waals surface area contributed by atoms with E-state index in [0.717, 1.165) is 30.3 Å². The van der Waals surface area contributed by atoms with E-state index in [1.54, 1.807) is 17.5 Å². The molecule has 0 aromatic carbocycles. The third kappa shape index (κ3) is 2.19. The van der Waals surface area contributed by atoms with Crippen molar-refractivity contribution in [2.24, 2.45) is 0 Å². The number of hydrogen-bond acceptors (Lipinski definition) is 5. The van der Waals surface area contributed by atoms with Crippen molar-refractivity contribution >= 4 is 22.8 Å². The minimum absolute atomic E-state index is 0.773. The van der Waals surface area contributed by atoms with Gasteiger partial charge in [0.05, 0.1) is 6.54 Å². The van der Waals surface area contributed by atoms with Crippen LogP contribution in [0, 0.1) is 6.92 Å². The number of anilines is 1. The predicted octanol–water partition coefficient (Wildman–Crippen LogP) is 2.67. The van der Waals surface area contributed by atoms with Crippen molar-refractivity contribution in [1.29, 1.82) is 0 Å². The first-order chi connectivity index (χ1) is 9.29. The topological polar surface area (TPSA) is 55.1 Å². The third-order valence-corrected chi connectivity index (χ3v) is 4.10. The molecule has 0 atom stereocenters. The summed E-state index contributed by atoms with van der Waals surface area (Å²) in [6.45, 7) is 4.88. The largest absolute Gasteiger partial charge is 0.362 e. The molecule has 0 fully saturated rings. The lowest BCUT2D eigenvalue weighted by molar-refractivity contribution is 0.999. The summed E-state index contributed by atoms with van der Waals surface area (Å²) in [7, 11) is 0. The molecule has 3 heterocycles. The first-order valence-electron chi connectivity index (χ1n) is 6.25. The Bertz CT molecular complexity index is 700. The normalized spacial score (nSPS) is 11.1. The number of aryl methyl sites for hydroxylation is 2. The molecule has 0 aliphatic carbocycles. The molecule has 0 aliphatic rings. The summed E-state index contributed by atoms with van der Waals surface area (Å²) >= 11 is 1.77. The van der Waals surface area contributed by atoms with Crippen molar-refractivity contribution in [2.75, 3.05) is 5.32 Å². The lowest BCUT2D eigenvalue weighted by Gasteiger charge is -2.06. The molecule has 3 aromatic rings. The first-order valence-corrected chi connectivity index (χ1v) is 7.13. The molecule has 0 aliphatic heterocycles. The molecule has 1 N–H and O–H groups in total. The van der Waals surface area contributed by atoms with Crippen molar-refractivity contribution in [1.82, 2.24) is 19.6 Å². The minimum Gasteiger partial charge on any atom is -0.362 e. The maximum Gasteiger partial charge on any atom is 0.203 e. The molecule has 19 heavy (non-hydrogen) atoms. The molecule has 0 amide bonds. The predicted molar refractivity (Wildman–Crippen MR) is 76.5 cm³/mol. The maximum absolute atomic E-state index is 4.35. The molecule has 3 aromatic heterocycles. The average molecular weight is 273 g/mol. The van der Waals surface area contributed by atoms with Crippen LogP contribution in [0.25, 0.3) is 5.65 Å². The van der Waals surface area contributed by atoms with Gasteiger partial charge in [0, 0.05) is 17.3 Å². The number of rotatable bonds is 4. The van der Waals surface area contributed by atoms with Gasteiger partial charge in [0.1, 0.15) is 5.82 Å². The summed E-state index contributed by atoms with van der Waals surface area (Å²) in [6.07, 6.45) is 4.70. The minimum atomic E-state index is 0.773. The quantitative estimate of drug-likeness (QED) is 0.794. The van der Waals surface area contributed by atoms with Gasteiger partial charge in [-0.05, 0) is 30.4 Å². The molecule has 0 spiro atoms. The highest BCUT2D eigenvalue weighted by Gasteiger charge is 2.08. The van der Waals surface area contributed by atoms with Gasteiger partial charge >= 0.3 is 0 Å². The Hall–Kier alpha value is -1.95. The second-order valence-electron chi connectivity index (χ2n) is 4.29. The molecule has 0 bridgehead atoms. The van der Waals surface area contributed by atoms with Crippen LogP contribution >= 0.6 is 11.3 Å². The van der Waals surface area contributed by atoms with Crippen LogP contribution in [0.2, 0.25) is 0 Å². The van der Waals surface area contributed by atoms with Gasteiger partial charge in [-0.3, -0.25) is 4.40 Å². The van der Waals surface area contributed by atoms with Crippen molar-refractivity contribution in [3.63, 3.8) is 0 Å². The monoisotopic (exact) mass is 273 g/mol. The van der Waals surface area contributed by atoms with E-state index >= 15 is 0 Å². The van der Waals surface area contributed by atoms with Crippen LogP contribution in [0.5, 0.6) is 0 Å². The smallest absolute Gasteiger partial charge is 0.203 e. The summed E-state index contributed by atoms with van der Waals surface area (Å²) in [5.41, 5.74) is 2.16. The van der Waals surface area contributed by atoms with Crippen molar-refractivity contribution in [3.8, 4) is 0 Å². The number of hydrogen-bond donors (Lipinski definition) is 1. The van der Waals surface area contributed by atoms with Crippen LogP contribution in [0.3, 0.4) is 0 Å². The Kier molecular flexibility index (Phi) is 3.16. The van der Waals surface area contributed by atoms with Crippen LogP contribution in [0.1, 0.15) is 23.2 Å². The number of nitrogens with zero attached hydrogens (tertiary/aromatic N) is 4. The Morgan fingerprint density at radius 1 is 1.37 bits per heavy atom. The molecule has 0 radical (unpaired) electrons. The van der Waals surface area contributed by atoms with Gasteiger partial charge < -0.3 is 5.32 Å². The van der Waals surface area contributed by atoms with Crippen LogP contribution in [-0.4, -0.2) is 19.6 Å². The highest BCUT2D eigenvalue weighted by Crippen LogP contribution is 2.20. The zero-order valence-corrected chi connectivity index (χ0v) is 11.7. The summed E-state index contributed by atoms with van der Waals surface area (Å²) in [6, 6.07) is 2.18. The molecule has 3 rings (SSSR count). The van der Waals surface area contributed by atoms with Crippen molar-refractivity contribution in [2.45, 2.75) is 26.8 Å². The van der Waals surface area contributed by atoms with Crippen LogP contribution in [0.4, 0.5) is 5.82 Å². The second-order valence-corrected chi connectivity index (χ2v) is 5.29. The lowest BCUT2D eigenvalue weighted by atomic mass is 10.2. The molecule has 0 saturated carbocycles. The fourth-order valence-electron chi connectivity index (χ4n) is 2.07. The van der Waals surface area contributed by atoms with E-state index in [-0.39, 0.29) is 0 Å². The molecular formula is C13H15N5S. The first kappa shape index (κ1) is 12.1. The Morgan fingerprint density at radius 3 is 3.11 bits per heavy atom. The molecule has 6 heteroatoms. The van der Waals surface area contributed by atoms with Gasteiger partial charge in [-0.15, -0.1) is 21.5 Å². The highest BCUT2D eigenvalue weighted by atomic mass is 32.1. The summed E-state index contributed by atoms with van der Waals surface area (Å²) in [4.78, 5) is 5.69. The van der Waals surface area contributed by atoms with Gasteiger partial charge in [-0.1, -0.05) is 6.92 Å². The Labute approximate surface area is 115 Å². The van der Waals surface area contributed by atoms with Gasteiger partial charge in [0.2, 0.25) is 5.65 Å². The van der Waals surface area contributed by atoms with Crippen molar-refractivity contribution in [3.05, 3.63) is 40.1 Å². The van der Waals surface area contributed by atoms with Gasteiger partial charge in [-0.25, -0.2) is 4.98 Å². The maximum atomic E-state index is 4.35. The zero-order chi connectivity index (χ0) is 13.2.